The summed E-state index contributed by atoms with van der Waals surface area (Å²) in [5, 5.41) is 6.19. The Kier molecular flexibility index (Phi) is 4.08. The normalized spacial score (nSPS) is 15.6. The lowest BCUT2D eigenvalue weighted by atomic mass is 10.0. The fourth-order valence-corrected chi connectivity index (χ4v) is 3.66. The Labute approximate surface area is 143 Å². The van der Waals surface area contributed by atoms with Gasteiger partial charge in [0.25, 0.3) is 5.91 Å². The molecule has 2 aromatic heterocycles. The highest BCUT2D eigenvalue weighted by atomic mass is 32.1. The lowest BCUT2D eigenvalue weighted by Gasteiger charge is -2.32. The predicted molar refractivity (Wildman–Crippen MR) is 94.4 cm³/mol. The number of thiazole rings is 1. The Bertz CT molecular complexity index is 843. The fraction of sp³-hybridized carbons (Fsp3) is 0.294. The van der Waals surface area contributed by atoms with Gasteiger partial charge in [-0.3, -0.25) is 14.8 Å². The van der Waals surface area contributed by atoms with Gasteiger partial charge in [0.05, 0.1) is 11.0 Å². The minimum absolute atomic E-state index is 0.0461. The number of anilines is 1. The van der Waals surface area contributed by atoms with Crippen LogP contribution in [0.5, 0.6) is 0 Å². The Hall–Kier alpha value is -2.54. The second-order valence-electron chi connectivity index (χ2n) is 5.81. The zero-order valence-electron chi connectivity index (χ0n) is 13.1. The van der Waals surface area contributed by atoms with E-state index in [1.54, 1.807) is 35.9 Å². The third kappa shape index (κ3) is 3.07. The van der Waals surface area contributed by atoms with Gasteiger partial charge in [-0.25, -0.2) is 4.98 Å². The van der Waals surface area contributed by atoms with Gasteiger partial charge in [0, 0.05) is 48.7 Å². The molecule has 0 bridgehead atoms. The standard InChI is InChI=1S/C17H17N5OS/c23-16(12-1-2-14-15(11-12)19-6-5-18-14)21-13-3-8-22(9-4-13)17-20-7-10-24-17/h1-2,5-7,10-11,13H,3-4,8-9H2,(H,21,23). The molecule has 7 heteroatoms. The second-order valence-corrected chi connectivity index (χ2v) is 6.68. The number of hydrogen-bond donors (Lipinski definition) is 1. The van der Waals surface area contributed by atoms with E-state index in [9.17, 15) is 4.79 Å². The smallest absolute Gasteiger partial charge is 0.251 e. The molecule has 1 amide bonds. The Morgan fingerprint density at radius 2 is 1.88 bits per heavy atom. The van der Waals surface area contributed by atoms with Gasteiger partial charge in [-0.05, 0) is 31.0 Å². The van der Waals surface area contributed by atoms with Gasteiger partial charge in [-0.15, -0.1) is 11.3 Å². The maximum atomic E-state index is 12.5. The van der Waals surface area contributed by atoms with E-state index in [0.717, 1.165) is 42.1 Å². The van der Waals surface area contributed by atoms with Crippen molar-refractivity contribution >= 4 is 33.4 Å². The molecule has 0 unspecified atom stereocenters. The summed E-state index contributed by atoms with van der Waals surface area (Å²) in [6.07, 6.45) is 6.98. The minimum Gasteiger partial charge on any atom is -0.349 e. The third-order valence-corrected chi connectivity index (χ3v) is 5.08. The number of piperidine rings is 1. The number of nitrogens with zero attached hydrogens (tertiary/aromatic N) is 4. The zero-order chi connectivity index (χ0) is 16.4. The van der Waals surface area contributed by atoms with E-state index in [1.807, 2.05) is 17.6 Å². The number of fused-ring (bicyclic) bond motifs is 1. The summed E-state index contributed by atoms with van der Waals surface area (Å²) in [7, 11) is 0. The van der Waals surface area contributed by atoms with Crippen LogP contribution in [0.2, 0.25) is 0 Å². The van der Waals surface area contributed by atoms with Crippen molar-refractivity contribution < 1.29 is 4.79 Å². The first kappa shape index (κ1) is 15.0. The molecule has 1 aliphatic heterocycles. The van der Waals surface area contributed by atoms with E-state index in [0.29, 0.717) is 5.56 Å². The first-order valence-corrected chi connectivity index (χ1v) is 8.83. The Morgan fingerprint density at radius 1 is 1.08 bits per heavy atom. The quantitative estimate of drug-likeness (QED) is 0.794. The molecule has 122 valence electrons. The highest BCUT2D eigenvalue weighted by molar-refractivity contribution is 7.13. The number of amides is 1. The van der Waals surface area contributed by atoms with Crippen LogP contribution in [-0.4, -0.2) is 40.0 Å². The maximum absolute atomic E-state index is 12.5. The van der Waals surface area contributed by atoms with Crippen molar-refractivity contribution in [1.82, 2.24) is 20.3 Å². The van der Waals surface area contributed by atoms with Gasteiger partial charge in [-0.2, -0.15) is 0 Å². The van der Waals surface area contributed by atoms with Crippen molar-refractivity contribution in [2.24, 2.45) is 0 Å². The number of nitrogens with one attached hydrogen (secondary N) is 1. The number of carbonyl (C=O) groups excluding carboxylic acids is 1. The lowest BCUT2D eigenvalue weighted by molar-refractivity contribution is 0.0931. The monoisotopic (exact) mass is 339 g/mol. The van der Waals surface area contributed by atoms with Crippen molar-refractivity contribution in [1.29, 1.82) is 0 Å². The number of hydrogen-bond acceptors (Lipinski definition) is 6. The highest BCUT2D eigenvalue weighted by Crippen LogP contribution is 2.22. The number of rotatable bonds is 3. The van der Waals surface area contributed by atoms with Crippen LogP contribution in [0.1, 0.15) is 23.2 Å². The van der Waals surface area contributed by atoms with E-state index < -0.39 is 0 Å². The van der Waals surface area contributed by atoms with E-state index in [-0.39, 0.29) is 11.9 Å². The predicted octanol–water partition coefficient (Wildman–Crippen LogP) is 2.49. The summed E-state index contributed by atoms with van der Waals surface area (Å²) in [6, 6.07) is 5.63. The molecule has 1 aromatic carbocycles. The van der Waals surface area contributed by atoms with Gasteiger partial charge in [0.2, 0.25) is 0 Å². The molecule has 6 nitrogen and oxygen atoms in total. The first-order chi connectivity index (χ1) is 11.8. The van der Waals surface area contributed by atoms with Crippen LogP contribution in [0, 0.1) is 0 Å². The topological polar surface area (TPSA) is 71.0 Å². The summed E-state index contributed by atoms with van der Waals surface area (Å²) in [5.74, 6) is -0.0461. The molecule has 0 aliphatic carbocycles. The van der Waals surface area contributed by atoms with Crippen LogP contribution in [0.25, 0.3) is 11.0 Å². The van der Waals surface area contributed by atoms with Crippen molar-refractivity contribution in [2.45, 2.75) is 18.9 Å². The van der Waals surface area contributed by atoms with Crippen LogP contribution < -0.4 is 10.2 Å². The SMILES string of the molecule is O=C(NC1CCN(c2nccs2)CC1)c1ccc2nccnc2c1. The van der Waals surface area contributed by atoms with Gasteiger partial charge in [0.1, 0.15) is 0 Å². The fourth-order valence-electron chi connectivity index (χ4n) is 2.96. The van der Waals surface area contributed by atoms with Gasteiger partial charge in [-0.1, -0.05) is 0 Å². The number of carbonyl (C=O) groups is 1. The van der Waals surface area contributed by atoms with Crippen molar-refractivity contribution in [2.75, 3.05) is 18.0 Å². The van der Waals surface area contributed by atoms with Gasteiger partial charge in [0.15, 0.2) is 5.13 Å². The summed E-state index contributed by atoms with van der Waals surface area (Å²) in [5.41, 5.74) is 2.17. The van der Waals surface area contributed by atoms with Crippen LogP contribution in [-0.2, 0) is 0 Å². The van der Waals surface area contributed by atoms with Crippen molar-refractivity contribution in [3.05, 3.63) is 47.7 Å². The molecule has 0 spiro atoms. The highest BCUT2D eigenvalue weighted by Gasteiger charge is 2.22. The molecule has 0 atom stereocenters. The molecule has 24 heavy (non-hydrogen) atoms. The Balaban J connectivity index is 1.39. The Morgan fingerprint density at radius 3 is 2.62 bits per heavy atom. The zero-order valence-corrected chi connectivity index (χ0v) is 13.9. The molecule has 0 saturated carbocycles. The molecule has 1 saturated heterocycles. The molecule has 1 aliphatic rings. The molecule has 0 radical (unpaired) electrons. The second kappa shape index (κ2) is 6.52. The summed E-state index contributed by atoms with van der Waals surface area (Å²) >= 11 is 1.66. The minimum atomic E-state index is -0.0461. The van der Waals surface area contributed by atoms with Crippen molar-refractivity contribution in [3.63, 3.8) is 0 Å². The average molecular weight is 339 g/mol. The molecular weight excluding hydrogens is 322 g/mol. The largest absolute Gasteiger partial charge is 0.349 e. The number of aromatic nitrogens is 3. The molecule has 1 N–H and O–H groups in total. The van der Waals surface area contributed by atoms with Gasteiger partial charge < -0.3 is 10.2 Å². The van der Waals surface area contributed by atoms with E-state index >= 15 is 0 Å². The first-order valence-electron chi connectivity index (χ1n) is 7.96. The molecule has 3 aromatic rings. The molecule has 1 fully saturated rings. The van der Waals surface area contributed by atoms with Crippen LogP contribution in [0.15, 0.2) is 42.2 Å². The molecule has 3 heterocycles. The maximum Gasteiger partial charge on any atom is 0.251 e. The lowest BCUT2D eigenvalue weighted by Crippen LogP contribution is -2.44. The van der Waals surface area contributed by atoms with E-state index in [4.69, 9.17) is 0 Å². The average Bonchev–Trinajstić information content (AvgIpc) is 3.16. The third-order valence-electron chi connectivity index (χ3n) is 4.25. The molecular formula is C17H17N5OS. The van der Waals surface area contributed by atoms with Crippen LogP contribution in [0.4, 0.5) is 5.13 Å². The molecule has 4 rings (SSSR count). The van der Waals surface area contributed by atoms with Gasteiger partial charge >= 0.3 is 0 Å². The summed E-state index contributed by atoms with van der Waals surface area (Å²) < 4.78 is 0. The van der Waals surface area contributed by atoms with Crippen LogP contribution in [0.3, 0.4) is 0 Å². The van der Waals surface area contributed by atoms with Crippen molar-refractivity contribution in [3.8, 4) is 0 Å². The van der Waals surface area contributed by atoms with Crippen LogP contribution >= 0.6 is 11.3 Å². The van der Waals surface area contributed by atoms with E-state index in [1.165, 1.54) is 0 Å². The summed E-state index contributed by atoms with van der Waals surface area (Å²) in [6.45, 7) is 1.84. The summed E-state index contributed by atoms with van der Waals surface area (Å²) in [4.78, 5) is 27.6. The number of benzene rings is 1. The van der Waals surface area contributed by atoms with E-state index in [2.05, 4.69) is 25.2 Å².